The monoisotopic (exact) mass is 372 g/mol. The fraction of sp³-hybridized carbons (Fsp3) is 0.762. The molecule has 27 heavy (non-hydrogen) atoms. The zero-order chi connectivity index (χ0) is 18.5. The van der Waals surface area contributed by atoms with Crippen molar-refractivity contribution in [1.82, 2.24) is 14.9 Å². The predicted octanol–water partition coefficient (Wildman–Crippen LogP) is 2.99. The molecule has 1 aromatic heterocycles. The zero-order valence-electron chi connectivity index (χ0n) is 16.3. The molecule has 6 heteroatoms. The molecule has 0 radical (unpaired) electrons. The molecule has 1 atom stereocenters. The SMILES string of the molecule is O=C(C1CCCCCC1)N1CCC[C@H](c2cc(N3CCOCC3)ncn2)C1. The van der Waals surface area contributed by atoms with Crippen LogP contribution in [0.3, 0.4) is 0 Å². The van der Waals surface area contributed by atoms with Gasteiger partial charge in [-0.05, 0) is 25.7 Å². The number of morpholine rings is 1. The summed E-state index contributed by atoms with van der Waals surface area (Å²) in [6, 6.07) is 2.13. The third-order valence-electron chi connectivity index (χ3n) is 6.36. The molecule has 0 unspecified atom stereocenters. The van der Waals surface area contributed by atoms with E-state index < -0.39 is 0 Å². The van der Waals surface area contributed by atoms with Crippen LogP contribution in [-0.2, 0) is 9.53 Å². The summed E-state index contributed by atoms with van der Waals surface area (Å²) < 4.78 is 5.45. The molecule has 6 nitrogen and oxygen atoms in total. The summed E-state index contributed by atoms with van der Waals surface area (Å²) in [5, 5.41) is 0. The molecule has 0 aromatic carbocycles. The van der Waals surface area contributed by atoms with Gasteiger partial charge in [-0.1, -0.05) is 25.7 Å². The minimum absolute atomic E-state index is 0.251. The van der Waals surface area contributed by atoms with Gasteiger partial charge in [0.2, 0.25) is 5.91 Å². The zero-order valence-corrected chi connectivity index (χ0v) is 16.3. The van der Waals surface area contributed by atoms with E-state index in [1.807, 2.05) is 0 Å². The van der Waals surface area contributed by atoms with E-state index in [1.165, 1.54) is 25.7 Å². The van der Waals surface area contributed by atoms with Gasteiger partial charge in [0.25, 0.3) is 0 Å². The predicted molar refractivity (Wildman–Crippen MR) is 105 cm³/mol. The highest BCUT2D eigenvalue weighted by Gasteiger charge is 2.30. The molecule has 1 saturated carbocycles. The average molecular weight is 373 g/mol. The smallest absolute Gasteiger partial charge is 0.225 e. The molecule has 3 heterocycles. The van der Waals surface area contributed by atoms with E-state index in [2.05, 4.69) is 25.8 Å². The Morgan fingerprint density at radius 1 is 0.963 bits per heavy atom. The average Bonchev–Trinajstić information content (AvgIpc) is 3.04. The molecule has 2 aliphatic heterocycles. The van der Waals surface area contributed by atoms with Crippen molar-refractivity contribution in [3.05, 3.63) is 18.1 Å². The fourth-order valence-electron chi connectivity index (χ4n) is 4.75. The second kappa shape index (κ2) is 9.00. The molecule has 2 saturated heterocycles. The highest BCUT2D eigenvalue weighted by atomic mass is 16.5. The molecular weight excluding hydrogens is 340 g/mol. The number of nitrogens with zero attached hydrogens (tertiary/aromatic N) is 4. The molecule has 0 bridgehead atoms. The van der Waals surface area contributed by atoms with Crippen molar-refractivity contribution in [2.45, 2.75) is 57.3 Å². The minimum atomic E-state index is 0.251. The molecule has 1 amide bonds. The highest BCUT2D eigenvalue weighted by molar-refractivity contribution is 5.79. The van der Waals surface area contributed by atoms with Gasteiger partial charge in [0.1, 0.15) is 12.1 Å². The van der Waals surface area contributed by atoms with Crippen LogP contribution in [0.4, 0.5) is 5.82 Å². The number of ether oxygens (including phenoxy) is 1. The van der Waals surface area contributed by atoms with Gasteiger partial charge in [-0.25, -0.2) is 9.97 Å². The molecule has 3 aliphatic rings. The molecule has 3 fully saturated rings. The number of carbonyl (C=O) groups is 1. The summed E-state index contributed by atoms with van der Waals surface area (Å²) in [5.74, 6) is 1.97. The van der Waals surface area contributed by atoms with Crippen molar-refractivity contribution >= 4 is 11.7 Å². The van der Waals surface area contributed by atoms with Gasteiger partial charge in [-0.15, -0.1) is 0 Å². The topological polar surface area (TPSA) is 58.6 Å². The minimum Gasteiger partial charge on any atom is -0.378 e. The van der Waals surface area contributed by atoms with Gasteiger partial charge in [0.05, 0.1) is 18.9 Å². The first-order chi connectivity index (χ1) is 13.3. The van der Waals surface area contributed by atoms with E-state index >= 15 is 0 Å². The fourth-order valence-corrected chi connectivity index (χ4v) is 4.75. The first-order valence-electron chi connectivity index (χ1n) is 10.7. The van der Waals surface area contributed by atoms with E-state index in [0.29, 0.717) is 11.8 Å². The van der Waals surface area contributed by atoms with Crippen molar-refractivity contribution in [2.75, 3.05) is 44.3 Å². The summed E-state index contributed by atoms with van der Waals surface area (Å²) in [4.78, 5) is 26.5. The third kappa shape index (κ3) is 4.60. The van der Waals surface area contributed by atoms with Crippen molar-refractivity contribution in [3.63, 3.8) is 0 Å². The van der Waals surface area contributed by atoms with Crippen LogP contribution in [0.15, 0.2) is 12.4 Å². The number of carbonyl (C=O) groups excluding carboxylic acids is 1. The van der Waals surface area contributed by atoms with E-state index in [9.17, 15) is 4.79 Å². The second-order valence-corrected chi connectivity index (χ2v) is 8.21. The number of anilines is 1. The Morgan fingerprint density at radius 2 is 1.74 bits per heavy atom. The molecular formula is C21H32N4O2. The maximum Gasteiger partial charge on any atom is 0.225 e. The van der Waals surface area contributed by atoms with Crippen molar-refractivity contribution < 1.29 is 9.53 Å². The Labute approximate surface area is 162 Å². The lowest BCUT2D eigenvalue weighted by Crippen LogP contribution is -2.42. The van der Waals surface area contributed by atoms with E-state index in [1.54, 1.807) is 6.33 Å². The van der Waals surface area contributed by atoms with Crippen LogP contribution < -0.4 is 4.90 Å². The molecule has 0 spiro atoms. The summed E-state index contributed by atoms with van der Waals surface area (Å²) in [7, 11) is 0. The Balaban J connectivity index is 1.42. The maximum absolute atomic E-state index is 13.1. The van der Waals surface area contributed by atoms with Crippen LogP contribution >= 0.6 is 0 Å². The van der Waals surface area contributed by atoms with Crippen LogP contribution in [0.5, 0.6) is 0 Å². The van der Waals surface area contributed by atoms with Crippen LogP contribution in [-0.4, -0.2) is 60.2 Å². The number of hydrogen-bond acceptors (Lipinski definition) is 5. The number of likely N-dealkylation sites (tertiary alicyclic amines) is 1. The third-order valence-corrected chi connectivity index (χ3v) is 6.36. The lowest BCUT2D eigenvalue weighted by atomic mass is 9.92. The molecule has 4 rings (SSSR count). The van der Waals surface area contributed by atoms with Crippen LogP contribution in [0.25, 0.3) is 0 Å². The van der Waals surface area contributed by atoms with Crippen LogP contribution in [0.1, 0.15) is 63.0 Å². The van der Waals surface area contributed by atoms with Gasteiger partial charge in [0, 0.05) is 44.1 Å². The Morgan fingerprint density at radius 3 is 2.52 bits per heavy atom. The Hall–Kier alpha value is -1.69. The standard InChI is InChI=1S/C21H32N4O2/c26-21(17-6-3-1-2-4-7-17)25-9-5-8-18(15-25)19-14-20(23-16-22-19)24-10-12-27-13-11-24/h14,16-18H,1-13,15H2/t18-/m0/s1. The molecule has 0 N–H and O–H groups in total. The lowest BCUT2D eigenvalue weighted by Gasteiger charge is -2.35. The molecule has 1 aliphatic carbocycles. The highest BCUT2D eigenvalue weighted by Crippen LogP contribution is 2.30. The Kier molecular flexibility index (Phi) is 6.22. The quantitative estimate of drug-likeness (QED) is 0.764. The van der Waals surface area contributed by atoms with Crippen molar-refractivity contribution in [2.24, 2.45) is 5.92 Å². The number of amides is 1. The largest absolute Gasteiger partial charge is 0.378 e. The number of piperidine rings is 1. The molecule has 1 aromatic rings. The van der Waals surface area contributed by atoms with Gasteiger partial charge in [0.15, 0.2) is 0 Å². The summed E-state index contributed by atoms with van der Waals surface area (Å²) >= 11 is 0. The van der Waals surface area contributed by atoms with E-state index in [0.717, 1.165) is 76.6 Å². The van der Waals surface area contributed by atoms with Crippen molar-refractivity contribution in [1.29, 1.82) is 0 Å². The van der Waals surface area contributed by atoms with Gasteiger partial charge in [-0.2, -0.15) is 0 Å². The first-order valence-corrected chi connectivity index (χ1v) is 10.7. The maximum atomic E-state index is 13.1. The van der Waals surface area contributed by atoms with E-state index in [-0.39, 0.29) is 5.92 Å². The molecule has 148 valence electrons. The summed E-state index contributed by atoms with van der Waals surface area (Å²) in [6.07, 6.45) is 11.0. The number of rotatable bonds is 3. The summed E-state index contributed by atoms with van der Waals surface area (Å²) in [5.41, 5.74) is 1.09. The number of hydrogen-bond donors (Lipinski definition) is 0. The summed E-state index contributed by atoms with van der Waals surface area (Å²) in [6.45, 7) is 5.00. The number of aromatic nitrogens is 2. The van der Waals surface area contributed by atoms with Crippen LogP contribution in [0, 0.1) is 5.92 Å². The van der Waals surface area contributed by atoms with Crippen molar-refractivity contribution in [3.8, 4) is 0 Å². The lowest BCUT2D eigenvalue weighted by molar-refractivity contribution is -0.137. The second-order valence-electron chi connectivity index (χ2n) is 8.21. The van der Waals surface area contributed by atoms with Crippen LogP contribution in [0.2, 0.25) is 0 Å². The first kappa shape index (κ1) is 18.7. The van der Waals surface area contributed by atoms with Gasteiger partial charge in [-0.3, -0.25) is 4.79 Å². The van der Waals surface area contributed by atoms with Gasteiger partial charge >= 0.3 is 0 Å². The van der Waals surface area contributed by atoms with E-state index in [4.69, 9.17) is 4.74 Å². The Bertz CT molecular complexity index is 624. The van der Waals surface area contributed by atoms with Gasteiger partial charge < -0.3 is 14.5 Å². The normalized spacial score (nSPS) is 25.3.